The summed E-state index contributed by atoms with van der Waals surface area (Å²) in [6.07, 6.45) is 10.7. The van der Waals surface area contributed by atoms with Crippen molar-refractivity contribution in [2.45, 2.75) is 32.7 Å². The minimum absolute atomic E-state index is 0.0273. The third-order valence-corrected chi connectivity index (χ3v) is 5.55. The molecule has 0 unspecified atom stereocenters. The van der Waals surface area contributed by atoms with Crippen LogP contribution in [-0.2, 0) is 9.59 Å². The summed E-state index contributed by atoms with van der Waals surface area (Å²) in [4.78, 5) is 27.6. The van der Waals surface area contributed by atoms with Crippen molar-refractivity contribution in [3.63, 3.8) is 0 Å². The molecule has 1 aromatic carbocycles. The van der Waals surface area contributed by atoms with Gasteiger partial charge in [0.1, 0.15) is 11.6 Å². The van der Waals surface area contributed by atoms with Crippen molar-refractivity contribution in [2.75, 3.05) is 20.1 Å². The average molecular weight is 434 g/mol. The Morgan fingerprint density at radius 3 is 2.66 bits per heavy atom. The summed E-state index contributed by atoms with van der Waals surface area (Å²) in [5.41, 5.74) is 4.38. The van der Waals surface area contributed by atoms with Crippen molar-refractivity contribution in [3.8, 4) is 0 Å². The number of likely N-dealkylation sites (N-methyl/N-ethyl adjacent to an activating group) is 1. The lowest BCUT2D eigenvalue weighted by molar-refractivity contribution is -0.154. The number of fused-ring (bicyclic) bond motifs is 2. The van der Waals surface area contributed by atoms with E-state index in [0.717, 1.165) is 28.8 Å². The van der Waals surface area contributed by atoms with E-state index in [1.165, 1.54) is 10.5 Å². The van der Waals surface area contributed by atoms with Crippen LogP contribution in [0.5, 0.6) is 0 Å². The lowest BCUT2D eigenvalue weighted by Gasteiger charge is -2.41. The number of benzene rings is 1. The first-order valence-electron chi connectivity index (χ1n) is 11.0. The van der Waals surface area contributed by atoms with Crippen LogP contribution in [0, 0.1) is 0 Å². The van der Waals surface area contributed by atoms with Gasteiger partial charge in [-0.25, -0.2) is 0 Å². The molecule has 0 spiro atoms. The summed E-state index contributed by atoms with van der Waals surface area (Å²) in [5.74, 6) is 0.0737. The van der Waals surface area contributed by atoms with E-state index in [9.17, 15) is 9.59 Å². The smallest absolute Gasteiger partial charge is 0.245 e. The topological polar surface area (TPSA) is 65.8 Å². The number of carbonyl (C=O) groups excluding carboxylic acids is 2. The number of carbonyl (C=O) groups is 2. The minimum atomic E-state index is -0.320. The van der Waals surface area contributed by atoms with Crippen molar-refractivity contribution < 1.29 is 14.0 Å². The molecule has 2 amide bonds. The molecule has 1 N–H and O–H groups in total. The highest BCUT2D eigenvalue weighted by molar-refractivity contribution is 5.95. The molecule has 0 saturated carbocycles. The number of hydrogen-bond acceptors (Lipinski definition) is 4. The number of para-hydroxylation sites is 1. The quantitative estimate of drug-likeness (QED) is 0.714. The summed E-state index contributed by atoms with van der Waals surface area (Å²) in [6.45, 7) is 8.33. The third-order valence-electron chi connectivity index (χ3n) is 5.55. The van der Waals surface area contributed by atoms with E-state index in [1.807, 2.05) is 62.4 Å². The van der Waals surface area contributed by atoms with Crippen LogP contribution >= 0.6 is 0 Å². The monoisotopic (exact) mass is 433 g/mol. The van der Waals surface area contributed by atoms with Gasteiger partial charge in [0.05, 0.1) is 19.4 Å². The van der Waals surface area contributed by atoms with E-state index in [1.54, 1.807) is 24.3 Å². The van der Waals surface area contributed by atoms with Crippen molar-refractivity contribution in [3.05, 3.63) is 84.4 Å². The van der Waals surface area contributed by atoms with Gasteiger partial charge in [-0.05, 0) is 23.8 Å². The molecule has 3 aliphatic heterocycles. The molecule has 168 valence electrons. The molecule has 1 saturated heterocycles. The molecule has 3 aliphatic rings. The predicted molar refractivity (Wildman–Crippen MR) is 128 cm³/mol. The second-order valence-electron chi connectivity index (χ2n) is 7.59. The number of piperazine rings is 1. The van der Waals surface area contributed by atoms with Gasteiger partial charge in [0.15, 0.2) is 0 Å². The summed E-state index contributed by atoms with van der Waals surface area (Å²) in [7, 11) is 1.69. The van der Waals surface area contributed by atoms with E-state index in [0.29, 0.717) is 13.0 Å². The highest BCUT2D eigenvalue weighted by Crippen LogP contribution is 2.33. The Morgan fingerprint density at radius 1 is 1.12 bits per heavy atom. The number of nitrogens with one attached hydrogen (secondary N) is 1. The number of nitrogens with zero attached hydrogens (tertiary/aromatic N) is 2. The molecule has 1 aromatic heterocycles. The van der Waals surface area contributed by atoms with Crippen LogP contribution in [0.25, 0.3) is 11.0 Å². The van der Waals surface area contributed by atoms with Crippen LogP contribution in [0.4, 0.5) is 0 Å². The van der Waals surface area contributed by atoms with E-state index in [2.05, 4.69) is 11.9 Å². The Kier molecular flexibility index (Phi) is 7.71. The van der Waals surface area contributed by atoms with Gasteiger partial charge >= 0.3 is 0 Å². The van der Waals surface area contributed by atoms with Gasteiger partial charge in [-0.2, -0.15) is 0 Å². The molecule has 32 heavy (non-hydrogen) atoms. The minimum Gasteiger partial charge on any atom is -0.464 e. The molecule has 6 heteroatoms. The van der Waals surface area contributed by atoms with Gasteiger partial charge in [0, 0.05) is 36.7 Å². The van der Waals surface area contributed by atoms with Crippen LogP contribution < -0.4 is 5.32 Å². The maximum atomic E-state index is 12.2. The van der Waals surface area contributed by atoms with Crippen molar-refractivity contribution in [1.29, 1.82) is 0 Å². The zero-order valence-electron chi connectivity index (χ0n) is 19.0. The fourth-order valence-corrected chi connectivity index (χ4v) is 4.00. The van der Waals surface area contributed by atoms with Crippen LogP contribution in [-0.4, -0.2) is 47.8 Å². The Labute approximate surface area is 189 Å². The van der Waals surface area contributed by atoms with Gasteiger partial charge in [-0.1, -0.05) is 56.9 Å². The molecule has 6 nitrogen and oxygen atoms in total. The lowest BCUT2D eigenvalue weighted by atomic mass is 9.94. The molecule has 1 fully saturated rings. The number of furan rings is 1. The van der Waals surface area contributed by atoms with Gasteiger partial charge < -0.3 is 19.5 Å². The number of hydrogen-bond donors (Lipinski definition) is 1. The van der Waals surface area contributed by atoms with Crippen LogP contribution in [0.15, 0.2) is 88.9 Å². The van der Waals surface area contributed by atoms with Crippen molar-refractivity contribution in [1.82, 2.24) is 15.1 Å². The van der Waals surface area contributed by atoms with E-state index in [4.69, 9.17) is 4.42 Å². The van der Waals surface area contributed by atoms with E-state index >= 15 is 0 Å². The third kappa shape index (κ3) is 5.02. The highest BCUT2D eigenvalue weighted by Gasteiger charge is 2.42. The Hall–Kier alpha value is -3.54. The van der Waals surface area contributed by atoms with Crippen molar-refractivity contribution in [2.24, 2.45) is 0 Å². The lowest BCUT2D eigenvalue weighted by Crippen LogP contribution is -2.60. The first kappa shape index (κ1) is 23.1. The summed E-state index contributed by atoms with van der Waals surface area (Å²) in [6, 6.07) is 9.58. The predicted octanol–water partition coefficient (Wildman–Crippen LogP) is 4.39. The fraction of sp³-hybridized carbons (Fsp3) is 0.308. The van der Waals surface area contributed by atoms with Crippen molar-refractivity contribution >= 4 is 22.8 Å². The zero-order chi connectivity index (χ0) is 23.1. The molecule has 2 aromatic rings. The fourth-order valence-electron chi connectivity index (χ4n) is 4.00. The zero-order valence-corrected chi connectivity index (χ0v) is 19.0. The Bertz CT molecular complexity index is 1050. The van der Waals surface area contributed by atoms with Crippen LogP contribution in [0.1, 0.15) is 26.7 Å². The van der Waals surface area contributed by atoms with E-state index < -0.39 is 0 Å². The average Bonchev–Trinajstić information content (AvgIpc) is 3.45. The van der Waals surface area contributed by atoms with E-state index in [-0.39, 0.29) is 24.4 Å². The summed E-state index contributed by atoms with van der Waals surface area (Å²) in [5, 5.41) is 4.53. The second-order valence-corrected chi connectivity index (χ2v) is 7.59. The largest absolute Gasteiger partial charge is 0.464 e. The number of allylic oxidation sites excluding steroid dienone is 5. The first-order valence-corrected chi connectivity index (χ1v) is 11.0. The molecule has 5 rings (SSSR count). The standard InChI is InChI=1S/C16H19N3O2.C8H6O.C2H6/c1-3-4-5-6-12-7-11-8-14-16(21)18(2)10-15(20)19(14)9-13(11)17-12;1-2-4-8-7(3-1)5-6-9-8;1-2/h3-6,14,17H,1,7-10H2,2H3;1-6H;1-2H3/b5-4-,12-6+;;/t14-;;/m0../s1. The SMILES string of the molecule is C=C/C=C\C=C1/CC2=C(CN3C(=O)CN(C)C(=O)[C@@H]3C2)N1.CC.c1ccc2occc2c1. The molecule has 0 radical (unpaired) electrons. The van der Waals surface area contributed by atoms with Gasteiger partial charge in [0.2, 0.25) is 11.8 Å². The van der Waals surface area contributed by atoms with Gasteiger partial charge in [0.25, 0.3) is 0 Å². The first-order chi connectivity index (χ1) is 15.6. The summed E-state index contributed by atoms with van der Waals surface area (Å²) >= 11 is 0. The Balaban J connectivity index is 0.000000218. The molecular formula is C26H31N3O3. The normalized spacial score (nSPS) is 21.0. The van der Waals surface area contributed by atoms with Gasteiger partial charge in [-0.3, -0.25) is 9.59 Å². The molecule has 4 heterocycles. The Morgan fingerprint density at radius 2 is 1.91 bits per heavy atom. The second kappa shape index (κ2) is 10.7. The number of rotatable bonds is 2. The van der Waals surface area contributed by atoms with Crippen LogP contribution in [0.2, 0.25) is 0 Å². The number of amides is 2. The molecular weight excluding hydrogens is 402 g/mol. The highest BCUT2D eigenvalue weighted by atomic mass is 16.3. The molecule has 1 atom stereocenters. The molecule has 0 bridgehead atoms. The van der Waals surface area contributed by atoms with Crippen LogP contribution in [0.3, 0.4) is 0 Å². The maximum absolute atomic E-state index is 12.2. The molecule has 0 aliphatic carbocycles. The maximum Gasteiger partial charge on any atom is 0.245 e. The summed E-state index contributed by atoms with van der Waals surface area (Å²) < 4.78 is 5.12. The van der Waals surface area contributed by atoms with Gasteiger partial charge in [-0.15, -0.1) is 0 Å².